The second-order valence-corrected chi connectivity index (χ2v) is 8.26. The molecule has 2 atom stereocenters. The number of amides is 1. The van der Waals surface area contributed by atoms with E-state index < -0.39 is 11.9 Å². The molecular weight excluding hydrogens is 344 g/mol. The molecule has 142 valence electrons. The number of imidazole rings is 1. The van der Waals surface area contributed by atoms with Crippen LogP contribution in [0.3, 0.4) is 0 Å². The molecule has 1 N–H and O–H groups in total. The van der Waals surface area contributed by atoms with Gasteiger partial charge in [-0.05, 0) is 42.7 Å². The van der Waals surface area contributed by atoms with Crippen molar-refractivity contribution in [3.05, 3.63) is 36.3 Å². The maximum atomic E-state index is 12.1. The molecule has 2 heterocycles. The summed E-state index contributed by atoms with van der Waals surface area (Å²) in [5, 5.41) is 4.36. The average molecular weight is 368 g/mol. The minimum Gasteiger partial charge on any atom is -0.451 e. The Morgan fingerprint density at radius 3 is 2.85 bits per heavy atom. The third-order valence-corrected chi connectivity index (χ3v) is 6.74. The predicted molar refractivity (Wildman–Crippen MR) is 100 cm³/mol. The number of hydrogen-bond acceptors (Lipinski definition) is 5. The maximum Gasteiger partial charge on any atom is 0.359 e. The number of pyridine rings is 1. The van der Waals surface area contributed by atoms with Crippen LogP contribution in [0, 0.1) is 16.7 Å². The Bertz CT molecular complexity index is 913. The van der Waals surface area contributed by atoms with Gasteiger partial charge in [-0.2, -0.15) is 5.10 Å². The number of carbonyl (C=O) groups excluding carboxylic acids is 2. The van der Waals surface area contributed by atoms with E-state index in [2.05, 4.69) is 36.3 Å². The van der Waals surface area contributed by atoms with E-state index in [1.807, 2.05) is 12.1 Å². The molecule has 2 aromatic heterocycles. The first-order valence-corrected chi connectivity index (χ1v) is 9.28. The first-order chi connectivity index (χ1) is 12.8. The minimum absolute atomic E-state index is 0.0260. The lowest BCUT2D eigenvalue weighted by Crippen LogP contribution is -2.34. The molecule has 2 unspecified atom stereocenters. The Labute approximate surface area is 157 Å². The Hall–Kier alpha value is -2.70. The highest BCUT2D eigenvalue weighted by molar-refractivity contribution is 5.95. The Balaban J connectivity index is 1.34. The van der Waals surface area contributed by atoms with E-state index >= 15 is 0 Å². The van der Waals surface area contributed by atoms with Crippen molar-refractivity contribution >= 4 is 23.2 Å². The summed E-state index contributed by atoms with van der Waals surface area (Å²) in [5.41, 5.74) is 4.64. The van der Waals surface area contributed by atoms with E-state index in [9.17, 15) is 9.59 Å². The van der Waals surface area contributed by atoms with Crippen LogP contribution >= 0.6 is 0 Å². The fourth-order valence-electron chi connectivity index (χ4n) is 4.50. The lowest BCUT2D eigenvalue weighted by molar-refractivity contribution is -0.124. The largest absolute Gasteiger partial charge is 0.451 e. The summed E-state index contributed by atoms with van der Waals surface area (Å²) in [4.78, 5) is 28.3. The molecule has 2 bridgehead atoms. The minimum atomic E-state index is -0.630. The highest BCUT2D eigenvalue weighted by Gasteiger charge is 2.60. The summed E-state index contributed by atoms with van der Waals surface area (Å²) in [6.45, 7) is 6.42. The van der Waals surface area contributed by atoms with Gasteiger partial charge < -0.3 is 9.14 Å². The van der Waals surface area contributed by atoms with E-state index in [1.165, 1.54) is 6.42 Å². The number of carbonyl (C=O) groups is 2. The number of ether oxygens (including phenoxy) is 1. The van der Waals surface area contributed by atoms with Gasteiger partial charge in [-0.25, -0.2) is 15.2 Å². The van der Waals surface area contributed by atoms with Gasteiger partial charge in [-0.1, -0.05) is 26.8 Å². The molecule has 0 radical (unpaired) electrons. The topological polar surface area (TPSA) is 85.1 Å². The van der Waals surface area contributed by atoms with Crippen molar-refractivity contribution in [3.63, 3.8) is 0 Å². The van der Waals surface area contributed by atoms with Crippen molar-refractivity contribution < 1.29 is 14.3 Å². The Morgan fingerprint density at radius 1 is 1.37 bits per heavy atom. The lowest BCUT2D eigenvalue weighted by Gasteiger charge is -2.34. The van der Waals surface area contributed by atoms with Crippen molar-refractivity contribution in [1.29, 1.82) is 0 Å². The quantitative estimate of drug-likeness (QED) is 0.664. The molecule has 27 heavy (non-hydrogen) atoms. The maximum absolute atomic E-state index is 12.1. The molecule has 2 fully saturated rings. The molecule has 7 heteroatoms. The number of hydrazone groups is 1. The summed E-state index contributed by atoms with van der Waals surface area (Å²) in [6.07, 6.45) is 6.60. The monoisotopic (exact) mass is 368 g/mol. The molecule has 0 aromatic carbocycles. The number of nitrogens with one attached hydrogen (secondary N) is 1. The van der Waals surface area contributed by atoms with Crippen LogP contribution in [0.25, 0.3) is 5.65 Å². The van der Waals surface area contributed by atoms with Crippen LogP contribution in [-0.2, 0) is 9.53 Å². The summed E-state index contributed by atoms with van der Waals surface area (Å²) < 4.78 is 6.79. The molecular formula is C20H24N4O3. The summed E-state index contributed by atoms with van der Waals surface area (Å²) in [6, 6.07) is 5.46. The van der Waals surface area contributed by atoms with Gasteiger partial charge in [0.1, 0.15) is 5.65 Å². The van der Waals surface area contributed by atoms with Crippen LogP contribution < -0.4 is 5.43 Å². The smallest absolute Gasteiger partial charge is 0.359 e. The van der Waals surface area contributed by atoms with E-state index in [0.717, 1.165) is 18.6 Å². The van der Waals surface area contributed by atoms with Gasteiger partial charge in [0, 0.05) is 23.5 Å². The highest BCUT2D eigenvalue weighted by Crippen LogP contribution is 2.63. The van der Waals surface area contributed by atoms with E-state index in [4.69, 9.17) is 4.74 Å². The van der Waals surface area contributed by atoms with Gasteiger partial charge >= 0.3 is 5.97 Å². The number of nitrogens with zero attached hydrogens (tertiary/aromatic N) is 3. The average Bonchev–Trinajstić information content (AvgIpc) is 3.23. The second-order valence-electron chi connectivity index (χ2n) is 8.26. The van der Waals surface area contributed by atoms with Crippen LogP contribution in [0.1, 0.15) is 50.5 Å². The SMILES string of the molecule is CC12CCC(C/C1=N\NC(=O)COC(=O)c1cn3ccccc3n1)C2(C)C. The second kappa shape index (κ2) is 6.18. The van der Waals surface area contributed by atoms with Crippen LogP contribution in [-0.4, -0.2) is 33.6 Å². The zero-order chi connectivity index (χ0) is 19.2. The van der Waals surface area contributed by atoms with Crippen LogP contribution in [0.4, 0.5) is 0 Å². The first kappa shape index (κ1) is 17.7. The third kappa shape index (κ3) is 2.81. The molecule has 0 saturated heterocycles. The van der Waals surface area contributed by atoms with Crippen molar-refractivity contribution in [2.24, 2.45) is 21.8 Å². The third-order valence-electron chi connectivity index (χ3n) is 6.74. The van der Waals surface area contributed by atoms with E-state index in [0.29, 0.717) is 11.6 Å². The fraction of sp³-hybridized carbons (Fsp3) is 0.500. The molecule has 2 aliphatic rings. The van der Waals surface area contributed by atoms with Gasteiger partial charge in [0.15, 0.2) is 12.3 Å². The lowest BCUT2D eigenvalue weighted by atomic mass is 9.70. The Kier molecular flexibility index (Phi) is 4.05. The van der Waals surface area contributed by atoms with Gasteiger partial charge in [0.2, 0.25) is 0 Å². The number of rotatable bonds is 4. The molecule has 2 saturated carbocycles. The van der Waals surface area contributed by atoms with Crippen LogP contribution in [0.15, 0.2) is 35.7 Å². The van der Waals surface area contributed by atoms with Crippen LogP contribution in [0.5, 0.6) is 0 Å². The van der Waals surface area contributed by atoms with Crippen molar-refractivity contribution in [1.82, 2.24) is 14.8 Å². The normalized spacial score (nSPS) is 27.2. The molecule has 1 amide bonds. The molecule has 0 aliphatic heterocycles. The molecule has 2 aliphatic carbocycles. The standard InChI is InChI=1S/C20H24N4O3/c1-19(2)13-7-8-20(19,3)15(10-13)22-23-17(25)12-27-18(26)14-11-24-9-5-4-6-16(24)21-14/h4-6,9,11,13H,7-8,10,12H2,1-3H3,(H,23,25)/b22-15+. The van der Waals surface area contributed by atoms with E-state index in [-0.39, 0.29) is 23.1 Å². The number of fused-ring (bicyclic) bond motifs is 3. The zero-order valence-electron chi connectivity index (χ0n) is 15.9. The number of esters is 1. The highest BCUT2D eigenvalue weighted by atomic mass is 16.5. The van der Waals surface area contributed by atoms with Gasteiger partial charge in [0.25, 0.3) is 5.91 Å². The van der Waals surface area contributed by atoms with E-state index in [1.54, 1.807) is 22.9 Å². The van der Waals surface area contributed by atoms with Gasteiger partial charge in [-0.3, -0.25) is 4.79 Å². The zero-order valence-corrected chi connectivity index (χ0v) is 15.9. The fourth-order valence-corrected chi connectivity index (χ4v) is 4.50. The van der Waals surface area contributed by atoms with Crippen LogP contribution in [0.2, 0.25) is 0 Å². The number of hydrogen-bond donors (Lipinski definition) is 1. The first-order valence-electron chi connectivity index (χ1n) is 9.28. The van der Waals surface area contributed by atoms with Crippen molar-refractivity contribution in [2.75, 3.05) is 6.61 Å². The molecule has 7 nitrogen and oxygen atoms in total. The van der Waals surface area contributed by atoms with Gasteiger partial charge in [-0.15, -0.1) is 0 Å². The molecule has 2 aromatic rings. The molecule has 4 rings (SSSR count). The molecule has 0 spiro atoms. The number of aromatic nitrogens is 2. The predicted octanol–water partition coefficient (Wildman–Crippen LogP) is 2.81. The van der Waals surface area contributed by atoms with Crippen molar-refractivity contribution in [2.45, 2.75) is 40.0 Å². The Morgan fingerprint density at radius 2 is 2.19 bits per heavy atom. The summed E-state index contributed by atoms with van der Waals surface area (Å²) in [5.74, 6) is -0.454. The van der Waals surface area contributed by atoms with Gasteiger partial charge in [0.05, 0.1) is 0 Å². The van der Waals surface area contributed by atoms with Crippen molar-refractivity contribution in [3.8, 4) is 0 Å². The summed E-state index contributed by atoms with van der Waals surface area (Å²) >= 11 is 0. The summed E-state index contributed by atoms with van der Waals surface area (Å²) in [7, 11) is 0.